The molecule has 1 aromatic heterocycles. The van der Waals surface area contributed by atoms with Gasteiger partial charge in [0.1, 0.15) is 0 Å². The summed E-state index contributed by atoms with van der Waals surface area (Å²) in [5.74, 6) is 0.0930. The first-order valence-corrected chi connectivity index (χ1v) is 7.82. The predicted octanol–water partition coefficient (Wildman–Crippen LogP) is 1.96. The molecule has 3 rings (SSSR count). The number of hydrogen-bond donors (Lipinski definition) is 0. The normalized spacial score (nSPS) is 16.0. The Morgan fingerprint density at radius 3 is 2.45 bits per heavy atom. The molecule has 5 nitrogen and oxygen atoms in total. The second-order valence-corrected chi connectivity index (χ2v) is 5.62. The first-order valence-electron chi connectivity index (χ1n) is 7.82. The molecule has 0 N–H and O–H groups in total. The molecule has 22 heavy (non-hydrogen) atoms. The quantitative estimate of drug-likeness (QED) is 0.870. The summed E-state index contributed by atoms with van der Waals surface area (Å²) in [5, 5.41) is 4.39. The number of amides is 1. The summed E-state index contributed by atoms with van der Waals surface area (Å²) in [6, 6.07) is 9.91. The molecule has 1 aromatic carbocycles. The van der Waals surface area contributed by atoms with Crippen LogP contribution in [-0.2, 0) is 0 Å². The summed E-state index contributed by atoms with van der Waals surface area (Å²) in [7, 11) is 0. The number of nitrogens with zero attached hydrogens (tertiary/aromatic N) is 4. The van der Waals surface area contributed by atoms with E-state index in [9.17, 15) is 4.79 Å². The molecular weight excluding hydrogens is 276 g/mol. The van der Waals surface area contributed by atoms with Crippen molar-refractivity contribution in [2.45, 2.75) is 13.8 Å². The average Bonchev–Trinajstić information content (AvgIpc) is 2.96. The van der Waals surface area contributed by atoms with Crippen molar-refractivity contribution in [2.75, 3.05) is 32.7 Å². The molecule has 5 heteroatoms. The molecule has 2 aromatic rings. The van der Waals surface area contributed by atoms with Crippen LogP contribution < -0.4 is 0 Å². The molecule has 1 amide bonds. The minimum atomic E-state index is 0.0930. The molecule has 2 heterocycles. The standard InChI is InChI=1S/C17H22N4O/c1-3-19-9-11-20(12-10-19)17(22)16-13-18-21(14(16)2)15-7-5-4-6-8-15/h4-8,13H,3,9-12H2,1-2H3. The van der Waals surface area contributed by atoms with Gasteiger partial charge in [0.25, 0.3) is 5.91 Å². The van der Waals surface area contributed by atoms with E-state index in [-0.39, 0.29) is 5.91 Å². The van der Waals surface area contributed by atoms with Gasteiger partial charge in [-0.1, -0.05) is 25.1 Å². The number of hydrogen-bond acceptors (Lipinski definition) is 3. The van der Waals surface area contributed by atoms with Gasteiger partial charge in [-0.2, -0.15) is 5.10 Å². The lowest BCUT2D eigenvalue weighted by Crippen LogP contribution is -2.48. The zero-order chi connectivity index (χ0) is 15.5. The maximum atomic E-state index is 12.7. The van der Waals surface area contributed by atoms with Crippen molar-refractivity contribution in [3.05, 3.63) is 47.8 Å². The van der Waals surface area contributed by atoms with Crippen molar-refractivity contribution < 1.29 is 4.79 Å². The van der Waals surface area contributed by atoms with Gasteiger partial charge in [-0.15, -0.1) is 0 Å². The molecule has 0 spiro atoms. The highest BCUT2D eigenvalue weighted by Gasteiger charge is 2.24. The van der Waals surface area contributed by atoms with Crippen LogP contribution in [-0.4, -0.2) is 58.2 Å². The third-order valence-electron chi connectivity index (χ3n) is 4.35. The number of carbonyl (C=O) groups is 1. The molecule has 1 aliphatic heterocycles. The van der Waals surface area contributed by atoms with Gasteiger partial charge >= 0.3 is 0 Å². The van der Waals surface area contributed by atoms with E-state index < -0.39 is 0 Å². The first-order chi connectivity index (χ1) is 10.7. The summed E-state index contributed by atoms with van der Waals surface area (Å²) in [6.45, 7) is 8.65. The van der Waals surface area contributed by atoms with Gasteiger partial charge in [0.05, 0.1) is 23.1 Å². The van der Waals surface area contributed by atoms with Crippen molar-refractivity contribution in [3.63, 3.8) is 0 Å². The molecule has 0 atom stereocenters. The van der Waals surface area contributed by atoms with Gasteiger partial charge in [-0.3, -0.25) is 4.79 Å². The highest BCUT2D eigenvalue weighted by atomic mass is 16.2. The zero-order valence-corrected chi connectivity index (χ0v) is 13.2. The molecule has 1 fully saturated rings. The third-order valence-corrected chi connectivity index (χ3v) is 4.35. The van der Waals surface area contributed by atoms with Crippen LogP contribution >= 0.6 is 0 Å². The maximum Gasteiger partial charge on any atom is 0.257 e. The van der Waals surface area contributed by atoms with Crippen molar-refractivity contribution in [3.8, 4) is 5.69 Å². The fourth-order valence-electron chi connectivity index (χ4n) is 2.89. The van der Waals surface area contributed by atoms with E-state index in [2.05, 4.69) is 16.9 Å². The Balaban J connectivity index is 1.78. The van der Waals surface area contributed by atoms with Crippen LogP contribution in [0.15, 0.2) is 36.5 Å². The number of para-hydroxylation sites is 1. The van der Waals surface area contributed by atoms with Gasteiger partial charge < -0.3 is 9.80 Å². The molecule has 0 aliphatic carbocycles. The number of piperazine rings is 1. The van der Waals surface area contributed by atoms with Crippen LogP contribution in [0.3, 0.4) is 0 Å². The van der Waals surface area contributed by atoms with E-state index in [1.807, 2.05) is 46.8 Å². The molecule has 0 saturated carbocycles. The first kappa shape index (κ1) is 14.8. The maximum absolute atomic E-state index is 12.7. The van der Waals surface area contributed by atoms with E-state index in [1.54, 1.807) is 6.20 Å². The molecule has 0 bridgehead atoms. The summed E-state index contributed by atoms with van der Waals surface area (Å²) in [4.78, 5) is 17.0. The van der Waals surface area contributed by atoms with Crippen molar-refractivity contribution >= 4 is 5.91 Å². The van der Waals surface area contributed by atoms with E-state index in [1.165, 1.54) is 0 Å². The molecule has 1 aliphatic rings. The fraction of sp³-hybridized carbons (Fsp3) is 0.412. The van der Waals surface area contributed by atoms with Gasteiger partial charge in [-0.25, -0.2) is 4.68 Å². The van der Waals surface area contributed by atoms with Crippen LogP contribution in [0.5, 0.6) is 0 Å². The van der Waals surface area contributed by atoms with Crippen molar-refractivity contribution in [1.82, 2.24) is 19.6 Å². The second-order valence-electron chi connectivity index (χ2n) is 5.62. The number of aromatic nitrogens is 2. The van der Waals surface area contributed by atoms with Crippen LogP contribution in [0, 0.1) is 6.92 Å². The molecule has 1 saturated heterocycles. The van der Waals surface area contributed by atoms with Crippen LogP contribution in [0.1, 0.15) is 23.0 Å². The lowest BCUT2D eigenvalue weighted by atomic mass is 10.2. The summed E-state index contributed by atoms with van der Waals surface area (Å²) in [5.41, 5.74) is 2.58. The zero-order valence-electron chi connectivity index (χ0n) is 13.2. The number of likely N-dealkylation sites (N-methyl/N-ethyl adjacent to an activating group) is 1. The van der Waals surface area contributed by atoms with E-state index in [0.717, 1.165) is 44.1 Å². The summed E-state index contributed by atoms with van der Waals surface area (Å²) < 4.78 is 1.83. The summed E-state index contributed by atoms with van der Waals surface area (Å²) in [6.07, 6.45) is 1.69. The fourth-order valence-corrected chi connectivity index (χ4v) is 2.89. The Morgan fingerprint density at radius 1 is 1.14 bits per heavy atom. The number of carbonyl (C=O) groups excluding carboxylic acids is 1. The van der Waals surface area contributed by atoms with Gasteiger partial charge in [0.2, 0.25) is 0 Å². The lowest BCUT2D eigenvalue weighted by Gasteiger charge is -2.34. The third kappa shape index (κ3) is 2.76. The Hall–Kier alpha value is -2.14. The van der Waals surface area contributed by atoms with E-state index in [0.29, 0.717) is 5.56 Å². The van der Waals surface area contributed by atoms with Crippen molar-refractivity contribution in [2.24, 2.45) is 0 Å². The topological polar surface area (TPSA) is 41.4 Å². The Labute approximate surface area is 131 Å². The summed E-state index contributed by atoms with van der Waals surface area (Å²) >= 11 is 0. The van der Waals surface area contributed by atoms with Crippen LogP contribution in [0.2, 0.25) is 0 Å². The van der Waals surface area contributed by atoms with Crippen molar-refractivity contribution in [1.29, 1.82) is 0 Å². The number of rotatable bonds is 3. The average molecular weight is 298 g/mol. The molecule has 116 valence electrons. The Morgan fingerprint density at radius 2 is 1.82 bits per heavy atom. The lowest BCUT2D eigenvalue weighted by molar-refractivity contribution is 0.0642. The van der Waals surface area contributed by atoms with Crippen LogP contribution in [0.4, 0.5) is 0 Å². The minimum absolute atomic E-state index is 0.0930. The monoisotopic (exact) mass is 298 g/mol. The Kier molecular flexibility index (Phi) is 4.24. The SMILES string of the molecule is CCN1CCN(C(=O)c2cnn(-c3ccccc3)c2C)CC1. The smallest absolute Gasteiger partial charge is 0.257 e. The molecular formula is C17H22N4O. The largest absolute Gasteiger partial charge is 0.336 e. The van der Waals surface area contributed by atoms with Gasteiger partial charge in [0.15, 0.2) is 0 Å². The molecule has 0 unspecified atom stereocenters. The minimum Gasteiger partial charge on any atom is -0.336 e. The van der Waals surface area contributed by atoms with E-state index in [4.69, 9.17) is 0 Å². The predicted molar refractivity (Wildman–Crippen MR) is 86.3 cm³/mol. The van der Waals surface area contributed by atoms with Gasteiger partial charge in [0, 0.05) is 26.2 Å². The van der Waals surface area contributed by atoms with E-state index >= 15 is 0 Å². The van der Waals surface area contributed by atoms with Gasteiger partial charge in [-0.05, 0) is 25.6 Å². The number of benzene rings is 1. The van der Waals surface area contributed by atoms with Crippen LogP contribution in [0.25, 0.3) is 5.69 Å². The highest BCUT2D eigenvalue weighted by Crippen LogP contribution is 2.16. The highest BCUT2D eigenvalue weighted by molar-refractivity contribution is 5.95. The second kappa shape index (κ2) is 6.32. The molecule has 0 radical (unpaired) electrons. The Bertz CT molecular complexity index is 642.